The van der Waals surface area contributed by atoms with E-state index in [0.29, 0.717) is 0 Å². The Hall–Kier alpha value is -0.450. The van der Waals surface area contributed by atoms with E-state index >= 15 is 0 Å². The number of aromatic nitrogens is 1. The SMILES string of the molecule is Cc1nc(CNCCN2CCC(C)CC2)cs1. The van der Waals surface area contributed by atoms with Crippen LogP contribution >= 0.6 is 11.3 Å². The van der Waals surface area contributed by atoms with Gasteiger partial charge in [-0.3, -0.25) is 0 Å². The summed E-state index contributed by atoms with van der Waals surface area (Å²) in [6, 6.07) is 0. The van der Waals surface area contributed by atoms with Crippen LogP contribution in [0, 0.1) is 12.8 Å². The summed E-state index contributed by atoms with van der Waals surface area (Å²) in [6.45, 7) is 10.1. The van der Waals surface area contributed by atoms with Gasteiger partial charge in [0.2, 0.25) is 0 Å². The van der Waals surface area contributed by atoms with Crippen molar-refractivity contribution in [3.8, 4) is 0 Å². The van der Waals surface area contributed by atoms with Crippen LogP contribution in [0.1, 0.15) is 30.5 Å². The van der Waals surface area contributed by atoms with Crippen LogP contribution in [0.25, 0.3) is 0 Å². The Morgan fingerprint density at radius 2 is 2.24 bits per heavy atom. The highest BCUT2D eigenvalue weighted by Gasteiger charge is 2.14. The van der Waals surface area contributed by atoms with E-state index in [9.17, 15) is 0 Å². The maximum Gasteiger partial charge on any atom is 0.0897 e. The number of aryl methyl sites for hydroxylation is 1. The van der Waals surface area contributed by atoms with Gasteiger partial charge in [0.25, 0.3) is 0 Å². The molecule has 0 amide bonds. The van der Waals surface area contributed by atoms with Crippen LogP contribution < -0.4 is 5.32 Å². The molecule has 3 nitrogen and oxygen atoms in total. The summed E-state index contributed by atoms with van der Waals surface area (Å²) in [7, 11) is 0. The Balaban J connectivity index is 1.57. The second-order valence-electron chi connectivity index (χ2n) is 5.06. The van der Waals surface area contributed by atoms with Crippen LogP contribution in [0.3, 0.4) is 0 Å². The number of rotatable bonds is 5. The highest BCUT2D eigenvalue weighted by molar-refractivity contribution is 7.09. The average Bonchev–Trinajstić information content (AvgIpc) is 2.73. The number of likely N-dealkylation sites (tertiary alicyclic amines) is 1. The zero-order valence-electron chi connectivity index (χ0n) is 10.9. The van der Waals surface area contributed by atoms with Crippen molar-refractivity contribution in [3.63, 3.8) is 0 Å². The van der Waals surface area contributed by atoms with Gasteiger partial charge in [-0.25, -0.2) is 4.98 Å². The molecule has 0 aromatic carbocycles. The molecule has 1 saturated heterocycles. The minimum absolute atomic E-state index is 0.911. The lowest BCUT2D eigenvalue weighted by Gasteiger charge is -2.30. The summed E-state index contributed by atoms with van der Waals surface area (Å²) < 4.78 is 0. The third-order valence-corrected chi connectivity index (χ3v) is 4.28. The van der Waals surface area contributed by atoms with Crippen molar-refractivity contribution in [1.82, 2.24) is 15.2 Å². The van der Waals surface area contributed by atoms with Gasteiger partial charge in [-0.05, 0) is 38.8 Å². The molecule has 0 saturated carbocycles. The Bertz CT molecular complexity index is 329. The molecular formula is C13H23N3S. The number of hydrogen-bond acceptors (Lipinski definition) is 4. The molecule has 2 rings (SSSR count). The molecule has 4 heteroatoms. The lowest BCUT2D eigenvalue weighted by molar-refractivity contribution is 0.193. The quantitative estimate of drug-likeness (QED) is 0.816. The first-order valence-corrected chi connectivity index (χ1v) is 7.46. The molecule has 1 aliphatic heterocycles. The smallest absolute Gasteiger partial charge is 0.0897 e. The fourth-order valence-corrected chi connectivity index (χ4v) is 2.84. The van der Waals surface area contributed by atoms with Crippen LogP contribution in [0.15, 0.2) is 5.38 Å². The number of nitrogens with zero attached hydrogens (tertiary/aromatic N) is 2. The monoisotopic (exact) mass is 253 g/mol. The predicted molar refractivity (Wildman–Crippen MR) is 73.4 cm³/mol. The molecule has 0 atom stereocenters. The summed E-state index contributed by atoms with van der Waals surface area (Å²) in [5.41, 5.74) is 1.18. The van der Waals surface area contributed by atoms with E-state index < -0.39 is 0 Å². The van der Waals surface area contributed by atoms with Crippen molar-refractivity contribution in [1.29, 1.82) is 0 Å². The third-order valence-electron chi connectivity index (χ3n) is 3.45. The van der Waals surface area contributed by atoms with Crippen molar-refractivity contribution >= 4 is 11.3 Å². The van der Waals surface area contributed by atoms with Gasteiger partial charge >= 0.3 is 0 Å². The first-order chi connectivity index (χ1) is 8.24. The maximum atomic E-state index is 4.45. The van der Waals surface area contributed by atoms with Crippen LogP contribution in [0.2, 0.25) is 0 Å². The van der Waals surface area contributed by atoms with E-state index in [2.05, 4.69) is 34.4 Å². The van der Waals surface area contributed by atoms with Gasteiger partial charge in [0.15, 0.2) is 0 Å². The Morgan fingerprint density at radius 1 is 1.47 bits per heavy atom. The first-order valence-electron chi connectivity index (χ1n) is 6.58. The third kappa shape index (κ3) is 4.37. The fraction of sp³-hybridized carbons (Fsp3) is 0.769. The molecule has 1 N–H and O–H groups in total. The van der Waals surface area contributed by atoms with Gasteiger partial charge in [-0.1, -0.05) is 6.92 Å². The van der Waals surface area contributed by atoms with E-state index in [1.807, 2.05) is 0 Å². The van der Waals surface area contributed by atoms with Gasteiger partial charge in [-0.15, -0.1) is 11.3 Å². The normalized spacial score (nSPS) is 18.7. The van der Waals surface area contributed by atoms with Crippen LogP contribution in [-0.4, -0.2) is 36.1 Å². The number of piperidine rings is 1. The van der Waals surface area contributed by atoms with Gasteiger partial charge in [-0.2, -0.15) is 0 Å². The minimum atomic E-state index is 0.911. The van der Waals surface area contributed by atoms with Gasteiger partial charge in [0.05, 0.1) is 10.7 Å². The lowest BCUT2D eigenvalue weighted by atomic mass is 9.99. The van der Waals surface area contributed by atoms with E-state index in [1.54, 1.807) is 11.3 Å². The van der Waals surface area contributed by atoms with E-state index in [4.69, 9.17) is 0 Å². The molecule has 1 fully saturated rings. The van der Waals surface area contributed by atoms with E-state index in [0.717, 1.165) is 24.0 Å². The number of nitrogens with one attached hydrogen (secondary N) is 1. The summed E-state index contributed by atoms with van der Waals surface area (Å²) in [4.78, 5) is 7.02. The van der Waals surface area contributed by atoms with Crippen molar-refractivity contribution in [2.75, 3.05) is 26.2 Å². The summed E-state index contributed by atoms with van der Waals surface area (Å²) in [5.74, 6) is 0.928. The summed E-state index contributed by atoms with van der Waals surface area (Å²) in [5, 5.41) is 6.78. The molecule has 0 aliphatic carbocycles. The molecule has 1 aliphatic rings. The molecule has 0 radical (unpaired) electrons. The van der Waals surface area contributed by atoms with Crippen LogP contribution in [0.4, 0.5) is 0 Å². The van der Waals surface area contributed by atoms with Crippen LogP contribution in [0.5, 0.6) is 0 Å². The summed E-state index contributed by atoms with van der Waals surface area (Å²) in [6.07, 6.45) is 2.73. The zero-order chi connectivity index (χ0) is 12.1. The molecular weight excluding hydrogens is 230 g/mol. The van der Waals surface area contributed by atoms with Gasteiger partial charge in [0, 0.05) is 25.0 Å². The predicted octanol–water partition coefficient (Wildman–Crippen LogP) is 2.27. The van der Waals surface area contributed by atoms with Gasteiger partial charge in [0.1, 0.15) is 0 Å². The zero-order valence-corrected chi connectivity index (χ0v) is 11.7. The highest BCUT2D eigenvalue weighted by atomic mass is 32.1. The number of thiazole rings is 1. The van der Waals surface area contributed by atoms with Crippen molar-refractivity contribution in [3.05, 3.63) is 16.1 Å². The Morgan fingerprint density at radius 3 is 2.88 bits per heavy atom. The largest absolute Gasteiger partial charge is 0.310 e. The van der Waals surface area contributed by atoms with E-state index in [-0.39, 0.29) is 0 Å². The second kappa shape index (κ2) is 6.47. The Labute approximate surface area is 108 Å². The molecule has 2 heterocycles. The fourth-order valence-electron chi connectivity index (χ4n) is 2.23. The van der Waals surface area contributed by atoms with Crippen LogP contribution in [-0.2, 0) is 6.54 Å². The van der Waals surface area contributed by atoms with Gasteiger partial charge < -0.3 is 10.2 Å². The standard InChI is InChI=1S/C13H23N3S/c1-11-3-6-16(7-4-11)8-5-14-9-13-10-17-12(2)15-13/h10-11,14H,3-9H2,1-2H3. The molecule has 0 bridgehead atoms. The molecule has 0 unspecified atom stereocenters. The highest BCUT2D eigenvalue weighted by Crippen LogP contribution is 2.15. The van der Waals surface area contributed by atoms with Crippen molar-refractivity contribution in [2.45, 2.75) is 33.2 Å². The number of hydrogen-bond donors (Lipinski definition) is 1. The molecule has 96 valence electrons. The summed E-state index contributed by atoms with van der Waals surface area (Å²) >= 11 is 1.73. The molecule has 0 spiro atoms. The first kappa shape index (κ1) is 13.0. The lowest BCUT2D eigenvalue weighted by Crippen LogP contribution is -2.37. The minimum Gasteiger partial charge on any atom is -0.310 e. The average molecular weight is 253 g/mol. The molecule has 17 heavy (non-hydrogen) atoms. The van der Waals surface area contributed by atoms with E-state index in [1.165, 1.54) is 38.2 Å². The van der Waals surface area contributed by atoms with Crippen molar-refractivity contribution < 1.29 is 0 Å². The topological polar surface area (TPSA) is 28.2 Å². The molecule has 1 aromatic heterocycles. The second-order valence-corrected chi connectivity index (χ2v) is 6.12. The molecule has 1 aromatic rings. The Kier molecular flexibility index (Phi) is 4.95. The van der Waals surface area contributed by atoms with Crippen molar-refractivity contribution in [2.24, 2.45) is 5.92 Å². The maximum absolute atomic E-state index is 4.45.